The van der Waals surface area contributed by atoms with E-state index in [0.29, 0.717) is 18.0 Å². The van der Waals surface area contributed by atoms with Crippen LogP contribution in [0.5, 0.6) is 0 Å². The molecule has 1 heterocycles. The first kappa shape index (κ1) is 9.97. The molecule has 2 rings (SSSR count). The van der Waals surface area contributed by atoms with Gasteiger partial charge in [-0.15, -0.1) is 0 Å². The van der Waals surface area contributed by atoms with Gasteiger partial charge >= 0.3 is 0 Å². The minimum atomic E-state index is 0.314. The van der Waals surface area contributed by atoms with Crippen LogP contribution < -0.4 is 5.32 Å². The molecule has 0 radical (unpaired) electrons. The summed E-state index contributed by atoms with van der Waals surface area (Å²) < 4.78 is 0. The van der Waals surface area contributed by atoms with Crippen molar-refractivity contribution >= 4 is 5.91 Å². The molecular weight excluding hydrogens is 176 g/mol. The van der Waals surface area contributed by atoms with Crippen LogP contribution in [-0.4, -0.2) is 37.0 Å². The van der Waals surface area contributed by atoms with Crippen LogP contribution in [0.15, 0.2) is 0 Å². The summed E-state index contributed by atoms with van der Waals surface area (Å²) >= 11 is 0. The highest BCUT2D eigenvalue weighted by Gasteiger charge is 2.38. The van der Waals surface area contributed by atoms with Crippen molar-refractivity contribution in [1.29, 1.82) is 0 Å². The SMILES string of the molecule is CNC(C1CCC1)C1CCC(=O)N1C. The van der Waals surface area contributed by atoms with Crippen LogP contribution in [0.1, 0.15) is 32.1 Å². The Balaban J connectivity index is 2.00. The second-order valence-electron chi connectivity index (χ2n) is 4.62. The van der Waals surface area contributed by atoms with Crippen LogP contribution in [0, 0.1) is 5.92 Å². The van der Waals surface area contributed by atoms with Crippen molar-refractivity contribution in [2.45, 2.75) is 44.2 Å². The normalized spacial score (nSPS) is 30.6. The van der Waals surface area contributed by atoms with Crippen LogP contribution in [-0.2, 0) is 4.79 Å². The van der Waals surface area contributed by atoms with Gasteiger partial charge in [0.15, 0.2) is 0 Å². The largest absolute Gasteiger partial charge is 0.341 e. The number of rotatable bonds is 3. The van der Waals surface area contributed by atoms with Crippen molar-refractivity contribution in [3.8, 4) is 0 Å². The molecule has 80 valence electrons. The average Bonchev–Trinajstić information content (AvgIpc) is 2.41. The van der Waals surface area contributed by atoms with Gasteiger partial charge in [0.1, 0.15) is 0 Å². The fraction of sp³-hybridized carbons (Fsp3) is 0.909. The molecular formula is C11H20N2O. The van der Waals surface area contributed by atoms with E-state index in [0.717, 1.165) is 18.8 Å². The number of nitrogens with zero attached hydrogens (tertiary/aromatic N) is 1. The van der Waals surface area contributed by atoms with Gasteiger partial charge in [-0.05, 0) is 32.2 Å². The molecule has 1 N–H and O–H groups in total. The fourth-order valence-corrected chi connectivity index (χ4v) is 2.79. The second kappa shape index (κ2) is 3.89. The predicted molar refractivity (Wildman–Crippen MR) is 56.0 cm³/mol. The molecule has 2 aliphatic rings. The summed E-state index contributed by atoms with van der Waals surface area (Å²) in [5.41, 5.74) is 0. The maximum absolute atomic E-state index is 11.4. The molecule has 1 amide bonds. The number of nitrogens with one attached hydrogen (secondary N) is 1. The Hall–Kier alpha value is -0.570. The molecule has 2 fully saturated rings. The molecule has 3 heteroatoms. The van der Waals surface area contributed by atoms with E-state index < -0.39 is 0 Å². The predicted octanol–water partition coefficient (Wildman–Crippen LogP) is 0.995. The molecule has 0 aromatic rings. The second-order valence-corrected chi connectivity index (χ2v) is 4.62. The highest BCUT2D eigenvalue weighted by atomic mass is 16.2. The molecule has 1 saturated heterocycles. The Morgan fingerprint density at radius 3 is 2.50 bits per heavy atom. The number of likely N-dealkylation sites (tertiary alicyclic amines) is 1. The van der Waals surface area contributed by atoms with E-state index in [-0.39, 0.29) is 0 Å². The van der Waals surface area contributed by atoms with Gasteiger partial charge in [0.25, 0.3) is 0 Å². The first-order valence-electron chi connectivity index (χ1n) is 5.67. The summed E-state index contributed by atoms with van der Waals surface area (Å²) in [7, 11) is 3.97. The Labute approximate surface area is 85.8 Å². The Morgan fingerprint density at radius 1 is 1.43 bits per heavy atom. The van der Waals surface area contributed by atoms with E-state index in [1.54, 1.807) is 0 Å². The standard InChI is InChI=1S/C11H20N2O/c1-12-11(8-4-3-5-8)9-6-7-10(14)13(9)2/h8-9,11-12H,3-7H2,1-2H3. The van der Waals surface area contributed by atoms with Gasteiger partial charge in [-0.2, -0.15) is 0 Å². The topological polar surface area (TPSA) is 32.3 Å². The van der Waals surface area contributed by atoms with Crippen LogP contribution in [0.25, 0.3) is 0 Å². The Kier molecular flexibility index (Phi) is 2.77. The van der Waals surface area contributed by atoms with E-state index in [4.69, 9.17) is 0 Å². The number of carbonyl (C=O) groups is 1. The van der Waals surface area contributed by atoms with Gasteiger partial charge < -0.3 is 10.2 Å². The van der Waals surface area contributed by atoms with Crippen molar-refractivity contribution in [2.24, 2.45) is 5.92 Å². The zero-order chi connectivity index (χ0) is 10.1. The first-order valence-corrected chi connectivity index (χ1v) is 5.67. The fourth-order valence-electron chi connectivity index (χ4n) is 2.79. The summed E-state index contributed by atoms with van der Waals surface area (Å²) in [6.07, 6.45) is 5.82. The number of likely N-dealkylation sites (N-methyl/N-ethyl adjacent to an activating group) is 2. The zero-order valence-electron chi connectivity index (χ0n) is 9.12. The summed E-state index contributed by atoms with van der Waals surface area (Å²) in [5.74, 6) is 1.12. The number of hydrogen-bond acceptors (Lipinski definition) is 2. The van der Waals surface area contributed by atoms with E-state index >= 15 is 0 Å². The third-order valence-corrected chi connectivity index (χ3v) is 3.95. The third-order valence-electron chi connectivity index (χ3n) is 3.95. The first-order chi connectivity index (χ1) is 6.74. The Morgan fingerprint density at radius 2 is 2.14 bits per heavy atom. The van der Waals surface area contributed by atoms with Crippen LogP contribution in [0.3, 0.4) is 0 Å². The molecule has 1 aliphatic carbocycles. The lowest BCUT2D eigenvalue weighted by molar-refractivity contribution is -0.128. The monoisotopic (exact) mass is 196 g/mol. The van der Waals surface area contributed by atoms with E-state index in [1.807, 2.05) is 19.0 Å². The van der Waals surface area contributed by atoms with E-state index in [2.05, 4.69) is 5.32 Å². The van der Waals surface area contributed by atoms with Gasteiger partial charge in [-0.3, -0.25) is 4.79 Å². The quantitative estimate of drug-likeness (QED) is 0.730. The molecule has 0 aromatic carbocycles. The van der Waals surface area contributed by atoms with Gasteiger partial charge in [0.2, 0.25) is 5.91 Å². The van der Waals surface area contributed by atoms with Gasteiger partial charge in [0.05, 0.1) is 0 Å². The minimum Gasteiger partial charge on any atom is -0.341 e. The summed E-state index contributed by atoms with van der Waals surface area (Å²) in [6, 6.07) is 0.970. The average molecular weight is 196 g/mol. The number of carbonyl (C=O) groups excluding carboxylic acids is 1. The Bertz CT molecular complexity index is 225. The lowest BCUT2D eigenvalue weighted by Gasteiger charge is -2.39. The molecule has 1 saturated carbocycles. The van der Waals surface area contributed by atoms with Crippen molar-refractivity contribution in [1.82, 2.24) is 10.2 Å². The lowest BCUT2D eigenvalue weighted by atomic mass is 9.76. The lowest BCUT2D eigenvalue weighted by Crippen LogP contribution is -2.51. The molecule has 14 heavy (non-hydrogen) atoms. The minimum absolute atomic E-state index is 0.314. The van der Waals surface area contributed by atoms with Crippen LogP contribution in [0.2, 0.25) is 0 Å². The van der Waals surface area contributed by atoms with E-state index in [9.17, 15) is 4.79 Å². The third kappa shape index (κ3) is 1.54. The van der Waals surface area contributed by atoms with Crippen LogP contribution in [0.4, 0.5) is 0 Å². The smallest absolute Gasteiger partial charge is 0.222 e. The maximum Gasteiger partial charge on any atom is 0.222 e. The highest BCUT2D eigenvalue weighted by Crippen LogP contribution is 2.34. The summed E-state index contributed by atoms with van der Waals surface area (Å²) in [6.45, 7) is 0. The molecule has 1 aliphatic heterocycles. The molecule has 2 atom stereocenters. The highest BCUT2D eigenvalue weighted by molar-refractivity contribution is 5.78. The molecule has 0 aromatic heterocycles. The van der Waals surface area contributed by atoms with Crippen molar-refractivity contribution < 1.29 is 4.79 Å². The maximum atomic E-state index is 11.4. The molecule has 2 unspecified atom stereocenters. The van der Waals surface area contributed by atoms with Crippen LogP contribution >= 0.6 is 0 Å². The van der Waals surface area contributed by atoms with E-state index in [1.165, 1.54) is 19.3 Å². The summed E-state index contributed by atoms with van der Waals surface area (Å²) in [5, 5.41) is 3.40. The van der Waals surface area contributed by atoms with Gasteiger partial charge in [-0.25, -0.2) is 0 Å². The molecule has 0 spiro atoms. The van der Waals surface area contributed by atoms with Gasteiger partial charge in [-0.1, -0.05) is 6.42 Å². The molecule has 0 bridgehead atoms. The van der Waals surface area contributed by atoms with Crippen molar-refractivity contribution in [3.63, 3.8) is 0 Å². The van der Waals surface area contributed by atoms with Crippen molar-refractivity contribution in [3.05, 3.63) is 0 Å². The number of amides is 1. The van der Waals surface area contributed by atoms with Crippen molar-refractivity contribution in [2.75, 3.05) is 14.1 Å². The van der Waals surface area contributed by atoms with Gasteiger partial charge in [0, 0.05) is 25.6 Å². The summed E-state index contributed by atoms with van der Waals surface area (Å²) in [4.78, 5) is 13.4. The number of hydrogen-bond donors (Lipinski definition) is 1. The molecule has 3 nitrogen and oxygen atoms in total. The zero-order valence-corrected chi connectivity index (χ0v) is 9.12.